The van der Waals surface area contributed by atoms with Crippen LogP contribution in [0.5, 0.6) is 0 Å². The second kappa shape index (κ2) is 9.09. The number of ketones is 1. The van der Waals surface area contributed by atoms with E-state index in [0.717, 1.165) is 5.56 Å². The third-order valence-electron chi connectivity index (χ3n) is 4.05. The number of carbonyl (C=O) groups is 4. The van der Waals surface area contributed by atoms with Crippen molar-refractivity contribution in [3.05, 3.63) is 52.5 Å². The van der Waals surface area contributed by atoms with Gasteiger partial charge in [0.15, 0.2) is 0 Å². The predicted octanol–water partition coefficient (Wildman–Crippen LogP) is 0.684. The lowest BCUT2D eigenvalue weighted by Crippen LogP contribution is -2.55. The minimum atomic E-state index is -1.09. The molecule has 146 valence electrons. The first kappa shape index (κ1) is 19.5. The van der Waals surface area contributed by atoms with Crippen LogP contribution in [0.2, 0.25) is 0 Å². The van der Waals surface area contributed by atoms with Crippen LogP contribution in [0.1, 0.15) is 22.9 Å². The van der Waals surface area contributed by atoms with Crippen molar-refractivity contribution in [3.63, 3.8) is 0 Å². The molecule has 28 heavy (non-hydrogen) atoms. The lowest BCUT2D eigenvalue weighted by Gasteiger charge is -2.24. The molecule has 0 aliphatic carbocycles. The Bertz CT molecular complexity index is 856. The van der Waals surface area contributed by atoms with E-state index < -0.39 is 35.8 Å². The number of ether oxygens (including phenoxy) is 1. The summed E-state index contributed by atoms with van der Waals surface area (Å²) in [4.78, 5) is 52.6. The summed E-state index contributed by atoms with van der Waals surface area (Å²) in [6.45, 7) is 0.332. The van der Waals surface area contributed by atoms with E-state index in [0.29, 0.717) is 4.88 Å². The number of hydrogen-bond donors (Lipinski definition) is 3. The van der Waals surface area contributed by atoms with E-state index in [1.54, 1.807) is 12.1 Å². The second-order valence-electron chi connectivity index (χ2n) is 6.01. The molecule has 10 heteroatoms. The van der Waals surface area contributed by atoms with Crippen molar-refractivity contribution in [2.75, 3.05) is 6.54 Å². The Balaban J connectivity index is 1.64. The van der Waals surface area contributed by atoms with Gasteiger partial charge in [-0.2, -0.15) is 0 Å². The number of piperidine rings is 1. The minimum absolute atomic E-state index is 0.0466. The topological polar surface area (TPSA) is 126 Å². The van der Waals surface area contributed by atoms with Crippen LogP contribution in [0, 0.1) is 0 Å². The van der Waals surface area contributed by atoms with E-state index in [4.69, 9.17) is 4.74 Å². The third-order valence-corrected chi connectivity index (χ3v) is 4.89. The maximum atomic E-state index is 12.7. The largest absolute Gasteiger partial charge is 0.445 e. The molecule has 2 unspecified atom stereocenters. The zero-order chi connectivity index (χ0) is 19.9. The summed E-state index contributed by atoms with van der Waals surface area (Å²) in [5, 5.41) is 7.44. The number of nitrogens with one attached hydrogen (secondary N) is 3. The quantitative estimate of drug-likeness (QED) is 0.610. The molecule has 1 aliphatic heterocycles. The van der Waals surface area contributed by atoms with Gasteiger partial charge in [0.05, 0.1) is 16.4 Å². The molecule has 1 aromatic heterocycles. The molecule has 1 fully saturated rings. The zero-order valence-corrected chi connectivity index (χ0v) is 15.5. The molecule has 2 heterocycles. The maximum Gasteiger partial charge on any atom is 0.408 e. The van der Waals surface area contributed by atoms with Crippen LogP contribution >= 0.6 is 11.3 Å². The van der Waals surface area contributed by atoms with E-state index in [1.807, 2.05) is 18.2 Å². The van der Waals surface area contributed by atoms with E-state index in [9.17, 15) is 19.2 Å². The lowest BCUT2D eigenvalue weighted by molar-refractivity contribution is -0.141. The molecule has 3 N–H and O–H groups in total. The van der Waals surface area contributed by atoms with Gasteiger partial charge in [0.25, 0.3) is 5.91 Å². The fourth-order valence-electron chi connectivity index (χ4n) is 2.62. The molecule has 0 radical (unpaired) electrons. The van der Waals surface area contributed by atoms with Crippen LogP contribution in [0.25, 0.3) is 0 Å². The predicted molar refractivity (Wildman–Crippen MR) is 99.2 cm³/mol. The Kier molecular flexibility index (Phi) is 6.33. The van der Waals surface area contributed by atoms with E-state index in [-0.39, 0.29) is 19.6 Å². The molecule has 3 amide bonds. The summed E-state index contributed by atoms with van der Waals surface area (Å²) < 4.78 is 5.16. The molecule has 2 aromatic rings. The number of nitrogens with zero attached hydrogens (tertiary/aromatic N) is 1. The fraction of sp³-hybridized carbons (Fsp3) is 0.278. The highest BCUT2D eigenvalue weighted by atomic mass is 32.1. The smallest absolute Gasteiger partial charge is 0.408 e. The van der Waals surface area contributed by atoms with Gasteiger partial charge in [0, 0.05) is 12.7 Å². The standard InChI is InChI=1S/C18H18N4O5S/c23-15-12(6-7-20-17(15)25)21-16(24)14(13-8-19-10-28-13)22-18(26)27-9-11-4-2-1-3-5-11/h1-5,8,10,12,14H,6-7,9H2,(H,20,25)(H,21,24)(H,22,26). The molecule has 2 atom stereocenters. The van der Waals surface area contributed by atoms with E-state index in [1.165, 1.54) is 23.0 Å². The maximum absolute atomic E-state index is 12.7. The van der Waals surface area contributed by atoms with Crippen molar-refractivity contribution in [1.29, 1.82) is 0 Å². The number of hydrogen-bond acceptors (Lipinski definition) is 7. The van der Waals surface area contributed by atoms with Crippen LogP contribution in [-0.2, 0) is 25.7 Å². The number of benzene rings is 1. The van der Waals surface area contributed by atoms with Crippen LogP contribution < -0.4 is 16.0 Å². The normalized spacial score (nSPS) is 17.4. The van der Waals surface area contributed by atoms with Crippen molar-refractivity contribution >= 4 is 35.0 Å². The van der Waals surface area contributed by atoms with Crippen molar-refractivity contribution in [2.24, 2.45) is 0 Å². The molecule has 0 bridgehead atoms. The average molecular weight is 402 g/mol. The van der Waals surface area contributed by atoms with Crippen molar-refractivity contribution in [1.82, 2.24) is 20.9 Å². The number of rotatable bonds is 6. The Morgan fingerprint density at radius 1 is 1.29 bits per heavy atom. The molecule has 1 saturated heterocycles. The van der Waals surface area contributed by atoms with Crippen LogP contribution in [0.3, 0.4) is 0 Å². The number of Topliss-reactive ketones (excluding diaryl/α,β-unsaturated/α-hetero) is 1. The van der Waals surface area contributed by atoms with E-state index >= 15 is 0 Å². The van der Waals surface area contributed by atoms with Crippen molar-refractivity contribution in [2.45, 2.75) is 25.1 Å². The van der Waals surface area contributed by atoms with Gasteiger partial charge < -0.3 is 20.7 Å². The van der Waals surface area contributed by atoms with Crippen LogP contribution in [0.15, 0.2) is 42.0 Å². The highest BCUT2D eigenvalue weighted by Crippen LogP contribution is 2.18. The van der Waals surface area contributed by atoms with Crippen molar-refractivity contribution < 1.29 is 23.9 Å². The molecule has 0 saturated carbocycles. The number of thiazole rings is 1. The van der Waals surface area contributed by atoms with Gasteiger partial charge in [0.2, 0.25) is 11.7 Å². The van der Waals surface area contributed by atoms with Gasteiger partial charge in [-0.25, -0.2) is 4.79 Å². The molecule has 1 aliphatic rings. The first-order chi connectivity index (χ1) is 13.5. The molecule has 3 rings (SSSR count). The third kappa shape index (κ3) is 4.92. The summed E-state index contributed by atoms with van der Waals surface area (Å²) in [6.07, 6.45) is 0.941. The number of carbonyl (C=O) groups excluding carboxylic acids is 4. The Labute approximate surface area is 164 Å². The van der Waals surface area contributed by atoms with Gasteiger partial charge in [-0.1, -0.05) is 30.3 Å². The number of alkyl carbamates (subject to hydrolysis) is 1. The van der Waals surface area contributed by atoms with Gasteiger partial charge >= 0.3 is 6.09 Å². The summed E-state index contributed by atoms with van der Waals surface area (Å²) in [7, 11) is 0. The van der Waals surface area contributed by atoms with Crippen LogP contribution in [0.4, 0.5) is 4.79 Å². The molecule has 0 spiro atoms. The second-order valence-corrected chi connectivity index (χ2v) is 6.93. The highest BCUT2D eigenvalue weighted by molar-refractivity contribution is 7.09. The fourth-order valence-corrected chi connectivity index (χ4v) is 3.28. The lowest BCUT2D eigenvalue weighted by atomic mass is 10.0. The molecule has 1 aromatic carbocycles. The van der Waals surface area contributed by atoms with Gasteiger partial charge in [0.1, 0.15) is 12.6 Å². The SMILES string of the molecule is O=C(NC(C(=O)NC1CCNC(=O)C1=O)c1cncs1)OCc1ccccc1. The first-order valence-electron chi connectivity index (χ1n) is 8.52. The summed E-state index contributed by atoms with van der Waals surface area (Å²) in [6, 6.07) is 7.08. The van der Waals surface area contributed by atoms with Crippen molar-refractivity contribution in [3.8, 4) is 0 Å². The average Bonchev–Trinajstić information content (AvgIpc) is 3.23. The number of aromatic nitrogens is 1. The summed E-state index contributed by atoms with van der Waals surface area (Å²) in [5.74, 6) is -2.07. The summed E-state index contributed by atoms with van der Waals surface area (Å²) in [5.41, 5.74) is 2.32. The Hall–Kier alpha value is -3.27. The van der Waals surface area contributed by atoms with Gasteiger partial charge in [-0.15, -0.1) is 11.3 Å². The first-order valence-corrected chi connectivity index (χ1v) is 9.40. The number of amides is 3. The molecular formula is C18H18N4O5S. The minimum Gasteiger partial charge on any atom is -0.445 e. The monoisotopic (exact) mass is 402 g/mol. The Morgan fingerprint density at radius 2 is 2.07 bits per heavy atom. The molecule has 9 nitrogen and oxygen atoms in total. The van der Waals surface area contributed by atoms with Gasteiger partial charge in [-0.05, 0) is 12.0 Å². The Morgan fingerprint density at radius 3 is 2.79 bits per heavy atom. The van der Waals surface area contributed by atoms with Gasteiger partial charge in [-0.3, -0.25) is 19.4 Å². The molecular weight excluding hydrogens is 384 g/mol. The van der Waals surface area contributed by atoms with E-state index in [2.05, 4.69) is 20.9 Å². The highest BCUT2D eigenvalue weighted by Gasteiger charge is 2.33. The van der Waals surface area contributed by atoms with Crippen LogP contribution in [-0.4, -0.2) is 41.3 Å². The zero-order valence-electron chi connectivity index (χ0n) is 14.7. The summed E-state index contributed by atoms with van der Waals surface area (Å²) >= 11 is 1.17.